The summed E-state index contributed by atoms with van der Waals surface area (Å²) in [5, 5.41) is 12.0. The Morgan fingerprint density at radius 2 is 2.13 bits per heavy atom. The molecule has 0 aliphatic heterocycles. The van der Waals surface area contributed by atoms with Crippen LogP contribution < -0.4 is 5.32 Å². The van der Waals surface area contributed by atoms with E-state index in [-0.39, 0.29) is 18.1 Å². The Kier molecular flexibility index (Phi) is 4.11. The average molecular weight is 214 g/mol. The highest BCUT2D eigenvalue weighted by Crippen LogP contribution is 2.25. The van der Waals surface area contributed by atoms with E-state index in [4.69, 9.17) is 5.11 Å². The van der Waals surface area contributed by atoms with E-state index in [0.29, 0.717) is 19.0 Å². The van der Waals surface area contributed by atoms with Crippen molar-refractivity contribution in [2.24, 2.45) is 0 Å². The van der Waals surface area contributed by atoms with Crippen molar-refractivity contribution in [3.63, 3.8) is 0 Å². The van der Waals surface area contributed by atoms with Crippen molar-refractivity contribution < 1.29 is 9.90 Å². The van der Waals surface area contributed by atoms with Crippen LogP contribution in [0.25, 0.3) is 0 Å². The van der Waals surface area contributed by atoms with E-state index < -0.39 is 0 Å². The largest absolute Gasteiger partial charge is 0.396 e. The van der Waals surface area contributed by atoms with Crippen molar-refractivity contribution >= 4 is 5.91 Å². The molecule has 0 spiro atoms. The van der Waals surface area contributed by atoms with Gasteiger partial charge in [0.25, 0.3) is 0 Å². The third-order valence-electron chi connectivity index (χ3n) is 2.94. The monoisotopic (exact) mass is 214 g/mol. The molecular weight excluding hydrogens is 192 g/mol. The first-order valence-corrected chi connectivity index (χ1v) is 5.58. The van der Waals surface area contributed by atoms with Crippen LogP contribution in [-0.2, 0) is 4.79 Å². The average Bonchev–Trinajstić information content (AvgIpc) is 2.96. The molecule has 1 aliphatic carbocycles. The van der Waals surface area contributed by atoms with Crippen LogP contribution in [0, 0.1) is 0 Å². The number of nitrogens with zero attached hydrogens (tertiary/aromatic N) is 1. The lowest BCUT2D eigenvalue weighted by Crippen LogP contribution is -2.46. The van der Waals surface area contributed by atoms with Crippen LogP contribution in [0.5, 0.6) is 0 Å². The Bertz CT molecular complexity index is 225. The molecule has 1 amide bonds. The molecule has 1 fully saturated rings. The number of hydrogen-bond acceptors (Lipinski definition) is 3. The van der Waals surface area contributed by atoms with Gasteiger partial charge in [0.15, 0.2) is 0 Å². The normalized spacial score (nSPS) is 16.5. The van der Waals surface area contributed by atoms with Gasteiger partial charge in [0, 0.05) is 25.2 Å². The number of aliphatic hydroxyl groups is 1. The Hall–Kier alpha value is -0.610. The summed E-state index contributed by atoms with van der Waals surface area (Å²) < 4.78 is 0. The molecule has 2 N–H and O–H groups in total. The lowest BCUT2D eigenvalue weighted by atomic mass is 10.0. The fourth-order valence-electron chi connectivity index (χ4n) is 1.47. The molecule has 0 atom stereocenters. The number of nitrogens with one attached hydrogen (secondary N) is 1. The topological polar surface area (TPSA) is 52.6 Å². The highest BCUT2D eigenvalue weighted by atomic mass is 16.3. The zero-order chi connectivity index (χ0) is 11.5. The highest BCUT2D eigenvalue weighted by Gasteiger charge is 2.29. The lowest BCUT2D eigenvalue weighted by Gasteiger charge is -2.26. The molecule has 0 bridgehead atoms. The number of carbonyl (C=O) groups is 1. The van der Waals surface area contributed by atoms with Gasteiger partial charge >= 0.3 is 0 Å². The number of aliphatic hydroxyl groups excluding tert-OH is 1. The molecule has 15 heavy (non-hydrogen) atoms. The van der Waals surface area contributed by atoms with Gasteiger partial charge in [-0.15, -0.1) is 0 Å². The third kappa shape index (κ3) is 4.18. The molecular formula is C11H22N2O2. The minimum atomic E-state index is -0.172. The van der Waals surface area contributed by atoms with E-state index in [9.17, 15) is 4.79 Å². The summed E-state index contributed by atoms with van der Waals surface area (Å²) >= 11 is 0. The second-order valence-corrected chi connectivity index (χ2v) is 4.95. The smallest absolute Gasteiger partial charge is 0.236 e. The predicted octanol–water partition coefficient (Wildman–Crippen LogP) is 0.358. The van der Waals surface area contributed by atoms with Gasteiger partial charge in [-0.2, -0.15) is 0 Å². The van der Waals surface area contributed by atoms with Crippen LogP contribution in [0.15, 0.2) is 0 Å². The molecule has 0 unspecified atom stereocenters. The van der Waals surface area contributed by atoms with Gasteiger partial charge in [0.05, 0.1) is 6.54 Å². The lowest BCUT2D eigenvalue weighted by molar-refractivity contribution is -0.129. The second kappa shape index (κ2) is 4.94. The van der Waals surface area contributed by atoms with Crippen molar-refractivity contribution in [1.82, 2.24) is 10.2 Å². The first-order chi connectivity index (χ1) is 6.96. The molecule has 4 heteroatoms. The minimum absolute atomic E-state index is 0.142. The summed E-state index contributed by atoms with van der Waals surface area (Å²) in [4.78, 5) is 13.5. The second-order valence-electron chi connectivity index (χ2n) is 4.95. The van der Waals surface area contributed by atoms with E-state index in [0.717, 1.165) is 12.8 Å². The minimum Gasteiger partial charge on any atom is -0.396 e. The molecule has 0 aromatic heterocycles. The summed E-state index contributed by atoms with van der Waals surface area (Å²) in [5.41, 5.74) is -0.172. The van der Waals surface area contributed by atoms with Gasteiger partial charge in [-0.05, 0) is 33.1 Å². The van der Waals surface area contributed by atoms with Crippen LogP contribution in [0.3, 0.4) is 0 Å². The van der Waals surface area contributed by atoms with Crippen molar-refractivity contribution in [2.75, 3.05) is 20.2 Å². The van der Waals surface area contributed by atoms with Crippen LogP contribution in [0.4, 0.5) is 0 Å². The van der Waals surface area contributed by atoms with Gasteiger partial charge in [-0.1, -0.05) is 0 Å². The maximum atomic E-state index is 11.7. The van der Waals surface area contributed by atoms with E-state index >= 15 is 0 Å². The van der Waals surface area contributed by atoms with Gasteiger partial charge in [-0.3, -0.25) is 4.79 Å². The summed E-state index contributed by atoms with van der Waals surface area (Å²) in [6, 6.07) is 0.472. The first-order valence-electron chi connectivity index (χ1n) is 5.58. The highest BCUT2D eigenvalue weighted by molar-refractivity contribution is 5.78. The Morgan fingerprint density at radius 3 is 2.60 bits per heavy atom. The van der Waals surface area contributed by atoms with Crippen molar-refractivity contribution in [3.8, 4) is 0 Å². The predicted molar refractivity (Wildman–Crippen MR) is 59.6 cm³/mol. The summed E-state index contributed by atoms with van der Waals surface area (Å²) in [6.07, 6.45) is 2.94. The van der Waals surface area contributed by atoms with Crippen LogP contribution >= 0.6 is 0 Å². The number of hydrogen-bond donors (Lipinski definition) is 2. The Labute approximate surface area is 91.6 Å². The molecule has 0 saturated heterocycles. The van der Waals surface area contributed by atoms with E-state index in [1.165, 1.54) is 0 Å². The molecule has 0 aromatic carbocycles. The summed E-state index contributed by atoms with van der Waals surface area (Å²) in [5.74, 6) is 0.142. The Balaban J connectivity index is 2.26. The third-order valence-corrected chi connectivity index (χ3v) is 2.94. The van der Waals surface area contributed by atoms with E-state index in [1.807, 2.05) is 25.8 Å². The van der Waals surface area contributed by atoms with Crippen molar-refractivity contribution in [2.45, 2.75) is 44.7 Å². The fourth-order valence-corrected chi connectivity index (χ4v) is 1.47. The fraction of sp³-hybridized carbons (Fsp3) is 0.909. The molecule has 88 valence electrons. The maximum absolute atomic E-state index is 11.7. The quantitative estimate of drug-likeness (QED) is 0.671. The van der Waals surface area contributed by atoms with Crippen LogP contribution in [-0.4, -0.2) is 47.7 Å². The summed E-state index contributed by atoms with van der Waals surface area (Å²) in [7, 11) is 1.86. The maximum Gasteiger partial charge on any atom is 0.236 e. The van der Waals surface area contributed by atoms with Gasteiger partial charge < -0.3 is 15.3 Å². The molecule has 0 radical (unpaired) electrons. The van der Waals surface area contributed by atoms with Crippen molar-refractivity contribution in [1.29, 1.82) is 0 Å². The first kappa shape index (κ1) is 12.5. The van der Waals surface area contributed by atoms with E-state index in [1.54, 1.807) is 0 Å². The number of carbonyl (C=O) groups excluding carboxylic acids is 1. The number of amides is 1. The SMILES string of the molecule is CN(C(=O)CNC(C)(C)CCO)C1CC1. The molecule has 1 saturated carbocycles. The van der Waals surface area contributed by atoms with Gasteiger partial charge in [-0.25, -0.2) is 0 Å². The molecule has 1 aliphatic rings. The number of rotatable bonds is 6. The van der Waals surface area contributed by atoms with E-state index in [2.05, 4.69) is 5.32 Å². The van der Waals surface area contributed by atoms with Crippen LogP contribution in [0.1, 0.15) is 33.1 Å². The zero-order valence-corrected chi connectivity index (χ0v) is 9.92. The number of likely N-dealkylation sites (N-methyl/N-ethyl adjacent to an activating group) is 1. The Morgan fingerprint density at radius 1 is 1.53 bits per heavy atom. The zero-order valence-electron chi connectivity index (χ0n) is 9.92. The van der Waals surface area contributed by atoms with Crippen LogP contribution in [0.2, 0.25) is 0 Å². The molecule has 0 aromatic rings. The molecule has 1 rings (SSSR count). The van der Waals surface area contributed by atoms with Crippen molar-refractivity contribution in [3.05, 3.63) is 0 Å². The molecule has 0 heterocycles. The van der Waals surface area contributed by atoms with Gasteiger partial charge in [0.2, 0.25) is 5.91 Å². The standard InChI is InChI=1S/C11H22N2O2/c1-11(2,6-7-14)12-8-10(15)13(3)9-4-5-9/h9,12,14H,4-8H2,1-3H3. The summed E-state index contributed by atoms with van der Waals surface area (Å²) in [6.45, 7) is 4.49. The molecule has 4 nitrogen and oxygen atoms in total. The van der Waals surface area contributed by atoms with Gasteiger partial charge in [0.1, 0.15) is 0 Å².